The summed E-state index contributed by atoms with van der Waals surface area (Å²) in [6.45, 7) is 0.807. The van der Waals surface area contributed by atoms with Crippen LogP contribution < -0.4 is 5.32 Å². The highest BCUT2D eigenvalue weighted by Gasteiger charge is 2.18. The highest BCUT2D eigenvalue weighted by molar-refractivity contribution is 9.11. The number of hydrogen-bond donors (Lipinski definition) is 1. The van der Waals surface area contributed by atoms with Gasteiger partial charge in [0.15, 0.2) is 0 Å². The lowest BCUT2D eigenvalue weighted by Gasteiger charge is -2.11. The molecule has 132 valence electrons. The Hall–Kier alpha value is -2.38. The van der Waals surface area contributed by atoms with Crippen molar-refractivity contribution in [1.82, 2.24) is 9.88 Å². The summed E-state index contributed by atoms with van der Waals surface area (Å²) in [5.74, 6) is 0.240. The van der Waals surface area contributed by atoms with E-state index in [0.717, 1.165) is 19.6 Å². The zero-order valence-electron chi connectivity index (χ0n) is 13.5. The molecule has 3 aromatic heterocycles. The molecule has 1 amide bonds. The highest BCUT2D eigenvalue weighted by atomic mass is 79.9. The molecule has 0 fully saturated rings. The minimum absolute atomic E-state index is 0.178. The molecule has 3 heterocycles. The molecule has 0 aliphatic carbocycles. The van der Waals surface area contributed by atoms with Gasteiger partial charge >= 0.3 is 0 Å². The van der Waals surface area contributed by atoms with E-state index in [9.17, 15) is 9.18 Å². The van der Waals surface area contributed by atoms with Crippen molar-refractivity contribution in [2.45, 2.75) is 13.1 Å². The number of hydrogen-bond acceptors (Lipinski definition) is 3. The first-order chi connectivity index (χ1) is 12.6. The van der Waals surface area contributed by atoms with Gasteiger partial charge in [-0.25, -0.2) is 4.39 Å². The third-order valence-corrected chi connectivity index (χ3v) is 5.62. The summed E-state index contributed by atoms with van der Waals surface area (Å²) in [7, 11) is 0. The summed E-state index contributed by atoms with van der Waals surface area (Å²) >= 11 is 5.06. The molecule has 0 bridgehead atoms. The average molecular weight is 433 g/mol. The number of fused-ring (bicyclic) bond motifs is 1. The fraction of sp³-hybridized carbons (Fsp3) is 0.105. The number of benzene rings is 1. The van der Waals surface area contributed by atoms with E-state index in [4.69, 9.17) is 4.42 Å². The molecular formula is C19H14BrFN2O2S. The van der Waals surface area contributed by atoms with E-state index in [1.54, 1.807) is 35.8 Å². The van der Waals surface area contributed by atoms with Crippen molar-refractivity contribution >= 4 is 43.4 Å². The predicted octanol–water partition coefficient (Wildman–Crippen LogP) is 5.18. The molecule has 0 saturated heterocycles. The van der Waals surface area contributed by atoms with Gasteiger partial charge in [0.05, 0.1) is 26.8 Å². The Bertz CT molecular complexity index is 1050. The second-order valence-corrected chi connectivity index (χ2v) is 8.27. The normalized spacial score (nSPS) is 11.2. The van der Waals surface area contributed by atoms with Gasteiger partial charge in [0.25, 0.3) is 5.91 Å². The van der Waals surface area contributed by atoms with Gasteiger partial charge < -0.3 is 14.3 Å². The predicted molar refractivity (Wildman–Crippen MR) is 103 cm³/mol. The van der Waals surface area contributed by atoms with Gasteiger partial charge in [-0.3, -0.25) is 4.79 Å². The second kappa shape index (κ2) is 7.09. The van der Waals surface area contributed by atoms with Gasteiger partial charge in [0.2, 0.25) is 0 Å². The zero-order valence-corrected chi connectivity index (χ0v) is 15.9. The fourth-order valence-corrected chi connectivity index (χ4v) is 4.38. The van der Waals surface area contributed by atoms with Crippen LogP contribution in [0.4, 0.5) is 4.39 Å². The van der Waals surface area contributed by atoms with Gasteiger partial charge in [-0.2, -0.15) is 0 Å². The molecule has 0 unspecified atom stereocenters. The van der Waals surface area contributed by atoms with Gasteiger partial charge in [-0.05, 0) is 57.9 Å². The van der Waals surface area contributed by atoms with Crippen molar-refractivity contribution in [3.05, 3.63) is 81.4 Å². The van der Waals surface area contributed by atoms with E-state index in [2.05, 4.69) is 21.2 Å². The van der Waals surface area contributed by atoms with E-state index < -0.39 is 0 Å². The van der Waals surface area contributed by atoms with Crippen molar-refractivity contribution in [3.63, 3.8) is 0 Å². The molecule has 4 aromatic rings. The maximum Gasteiger partial charge on any atom is 0.268 e. The largest absolute Gasteiger partial charge is 0.467 e. The molecular weight excluding hydrogens is 419 g/mol. The molecule has 1 N–H and O–H groups in total. The molecule has 0 aliphatic rings. The first-order valence-electron chi connectivity index (χ1n) is 7.94. The summed E-state index contributed by atoms with van der Waals surface area (Å²) in [6, 6.07) is 13.8. The third-order valence-electron chi connectivity index (χ3n) is 4.05. The molecule has 4 nitrogen and oxygen atoms in total. The number of carbonyl (C=O) groups is 1. The Balaban J connectivity index is 1.65. The molecule has 4 rings (SSSR count). The minimum Gasteiger partial charge on any atom is -0.467 e. The maximum absolute atomic E-state index is 13.2. The number of rotatable bonds is 5. The number of nitrogens with zero attached hydrogens (tertiary/aromatic N) is 1. The number of halogens is 2. The smallest absolute Gasteiger partial charge is 0.268 e. The van der Waals surface area contributed by atoms with Gasteiger partial charge in [0.1, 0.15) is 17.3 Å². The van der Waals surface area contributed by atoms with Crippen LogP contribution in [0, 0.1) is 5.82 Å². The first-order valence-corrected chi connectivity index (χ1v) is 9.55. The van der Waals surface area contributed by atoms with E-state index in [0.29, 0.717) is 24.5 Å². The maximum atomic E-state index is 13.2. The number of aromatic nitrogens is 1. The lowest BCUT2D eigenvalue weighted by molar-refractivity contribution is 0.0939. The Labute approximate surface area is 161 Å². The molecule has 0 atom stereocenters. The van der Waals surface area contributed by atoms with Gasteiger partial charge in [-0.15, -0.1) is 11.3 Å². The van der Waals surface area contributed by atoms with Crippen LogP contribution in [0.25, 0.3) is 10.2 Å². The van der Waals surface area contributed by atoms with E-state index in [-0.39, 0.29) is 11.7 Å². The molecule has 0 radical (unpaired) electrons. The first kappa shape index (κ1) is 17.1. The van der Waals surface area contributed by atoms with Crippen LogP contribution in [-0.4, -0.2) is 10.5 Å². The SMILES string of the molecule is O=C(NCc1ccco1)c1cc2sc(Br)cc2n1Cc1ccc(F)cc1. The Morgan fingerprint density at radius 1 is 1.23 bits per heavy atom. The average Bonchev–Trinajstić information content (AvgIpc) is 3.32. The van der Waals surface area contributed by atoms with Gasteiger partial charge in [-0.1, -0.05) is 12.1 Å². The number of thiophene rings is 1. The number of nitrogens with one attached hydrogen (secondary N) is 1. The molecule has 0 saturated carbocycles. The van der Waals surface area contributed by atoms with Crippen molar-refractivity contribution < 1.29 is 13.6 Å². The molecule has 26 heavy (non-hydrogen) atoms. The van der Waals surface area contributed by atoms with Crippen molar-refractivity contribution in [2.24, 2.45) is 0 Å². The lowest BCUT2D eigenvalue weighted by atomic mass is 10.2. The fourth-order valence-electron chi connectivity index (χ4n) is 2.81. The van der Waals surface area contributed by atoms with Crippen molar-refractivity contribution in [3.8, 4) is 0 Å². The lowest BCUT2D eigenvalue weighted by Crippen LogP contribution is -2.25. The number of furan rings is 1. The van der Waals surface area contributed by atoms with Crippen molar-refractivity contribution in [2.75, 3.05) is 0 Å². The standard InChI is InChI=1S/C19H14BrFN2O2S/c20-18-9-15-17(26-18)8-16(19(24)22-10-14-2-1-7-25-14)23(15)11-12-3-5-13(21)6-4-12/h1-9H,10-11H2,(H,22,24). The second-order valence-electron chi connectivity index (χ2n) is 5.80. The Morgan fingerprint density at radius 2 is 2.04 bits per heavy atom. The summed E-state index contributed by atoms with van der Waals surface area (Å²) in [5.41, 5.74) is 2.45. The number of carbonyl (C=O) groups excluding carboxylic acids is 1. The molecule has 1 aromatic carbocycles. The van der Waals surface area contributed by atoms with Crippen molar-refractivity contribution in [1.29, 1.82) is 0 Å². The van der Waals surface area contributed by atoms with Crippen LogP contribution in [0.5, 0.6) is 0 Å². The van der Waals surface area contributed by atoms with Crippen LogP contribution in [0.1, 0.15) is 21.8 Å². The van der Waals surface area contributed by atoms with Crippen LogP contribution in [0.3, 0.4) is 0 Å². The third kappa shape index (κ3) is 3.45. The van der Waals surface area contributed by atoms with Crippen LogP contribution in [-0.2, 0) is 13.1 Å². The number of amides is 1. The van der Waals surface area contributed by atoms with Crippen LogP contribution in [0.2, 0.25) is 0 Å². The molecule has 0 aliphatic heterocycles. The Kier molecular flexibility index (Phi) is 4.65. The van der Waals surface area contributed by atoms with E-state index in [1.807, 2.05) is 22.8 Å². The molecule has 7 heteroatoms. The van der Waals surface area contributed by atoms with Crippen LogP contribution >= 0.6 is 27.3 Å². The quantitative estimate of drug-likeness (QED) is 0.472. The van der Waals surface area contributed by atoms with E-state index >= 15 is 0 Å². The van der Waals surface area contributed by atoms with Gasteiger partial charge in [0, 0.05) is 6.54 Å². The highest BCUT2D eigenvalue weighted by Crippen LogP contribution is 2.33. The van der Waals surface area contributed by atoms with Crippen LogP contribution in [0.15, 0.2) is 63.0 Å². The Morgan fingerprint density at radius 3 is 2.77 bits per heavy atom. The molecule has 0 spiro atoms. The topological polar surface area (TPSA) is 47.2 Å². The summed E-state index contributed by atoms with van der Waals surface area (Å²) in [4.78, 5) is 12.7. The van der Waals surface area contributed by atoms with E-state index in [1.165, 1.54) is 12.1 Å². The summed E-state index contributed by atoms with van der Waals surface area (Å²) in [6.07, 6.45) is 1.58. The zero-order chi connectivity index (χ0) is 18.1. The monoisotopic (exact) mass is 432 g/mol. The summed E-state index contributed by atoms with van der Waals surface area (Å²) in [5, 5.41) is 2.88. The summed E-state index contributed by atoms with van der Waals surface area (Å²) < 4.78 is 22.4. The minimum atomic E-state index is -0.277.